The van der Waals surface area contributed by atoms with E-state index >= 15 is 0 Å². The molecule has 0 atom stereocenters. The lowest BCUT2D eigenvalue weighted by molar-refractivity contribution is 0.721. The van der Waals surface area contributed by atoms with Crippen molar-refractivity contribution in [3.05, 3.63) is 30.4 Å². The fourth-order valence-electron chi connectivity index (χ4n) is 1.40. The summed E-state index contributed by atoms with van der Waals surface area (Å²) in [6, 6.07) is 0. The molecule has 2 heterocycles. The summed E-state index contributed by atoms with van der Waals surface area (Å²) >= 11 is 0. The molecule has 16 heavy (non-hydrogen) atoms. The molecule has 0 aromatic carbocycles. The average Bonchev–Trinajstić information content (AvgIpc) is 2.74. The van der Waals surface area contributed by atoms with Gasteiger partial charge in [-0.2, -0.15) is 5.10 Å². The van der Waals surface area contributed by atoms with E-state index in [-0.39, 0.29) is 0 Å². The van der Waals surface area contributed by atoms with Crippen LogP contribution in [0.1, 0.15) is 12.5 Å². The molecule has 2 rings (SSSR count). The molecule has 84 valence electrons. The molecule has 0 unspecified atom stereocenters. The van der Waals surface area contributed by atoms with Crippen molar-refractivity contribution >= 4 is 0 Å². The zero-order chi connectivity index (χ0) is 11.4. The minimum absolute atomic E-state index is 0.716. The van der Waals surface area contributed by atoms with Gasteiger partial charge in [0.05, 0.1) is 11.8 Å². The van der Waals surface area contributed by atoms with Crippen molar-refractivity contribution in [2.24, 2.45) is 7.05 Å². The Labute approximate surface area is 94.5 Å². The van der Waals surface area contributed by atoms with E-state index in [2.05, 4.69) is 27.3 Å². The monoisotopic (exact) mass is 217 g/mol. The second-order valence-electron chi connectivity index (χ2n) is 3.60. The summed E-state index contributed by atoms with van der Waals surface area (Å²) in [6.45, 7) is 3.83. The summed E-state index contributed by atoms with van der Waals surface area (Å²) in [5.41, 5.74) is 2.03. The number of nitrogens with zero attached hydrogens (tertiary/aromatic N) is 4. The maximum absolute atomic E-state index is 4.31. The number of nitrogens with one attached hydrogen (secondary N) is 1. The van der Waals surface area contributed by atoms with E-state index in [1.165, 1.54) is 0 Å². The molecule has 1 N–H and O–H groups in total. The lowest BCUT2D eigenvalue weighted by atomic mass is 10.3. The molecular formula is C11H15N5. The predicted molar refractivity (Wildman–Crippen MR) is 61.6 cm³/mol. The number of hydrogen-bond donors (Lipinski definition) is 1. The van der Waals surface area contributed by atoms with Crippen LogP contribution in [0.4, 0.5) is 0 Å². The number of hydrogen-bond acceptors (Lipinski definition) is 4. The topological polar surface area (TPSA) is 55.6 Å². The van der Waals surface area contributed by atoms with E-state index < -0.39 is 0 Å². The molecule has 0 aliphatic carbocycles. The van der Waals surface area contributed by atoms with Gasteiger partial charge in [-0.25, -0.2) is 9.97 Å². The summed E-state index contributed by atoms with van der Waals surface area (Å²) < 4.78 is 1.74. The highest BCUT2D eigenvalue weighted by Crippen LogP contribution is 2.12. The standard InChI is InChI=1S/C11H15N5/c1-3-12-4-9-5-13-11(14-6-9)10-7-15-16(2)8-10/h5-8,12H,3-4H2,1-2H3. The lowest BCUT2D eigenvalue weighted by Gasteiger charge is -2.01. The van der Waals surface area contributed by atoms with Gasteiger partial charge in [0.15, 0.2) is 5.82 Å². The Bertz CT molecular complexity index is 446. The molecule has 0 bridgehead atoms. The zero-order valence-electron chi connectivity index (χ0n) is 9.51. The van der Waals surface area contributed by atoms with Crippen LogP contribution in [0.5, 0.6) is 0 Å². The van der Waals surface area contributed by atoms with Crippen LogP contribution in [-0.4, -0.2) is 26.3 Å². The molecule has 0 aliphatic rings. The van der Waals surface area contributed by atoms with Crippen LogP contribution >= 0.6 is 0 Å². The molecule has 0 amide bonds. The van der Waals surface area contributed by atoms with E-state index in [0.717, 1.165) is 24.2 Å². The number of aryl methyl sites for hydroxylation is 1. The molecule has 0 fully saturated rings. The van der Waals surface area contributed by atoms with E-state index in [1.54, 1.807) is 10.9 Å². The van der Waals surface area contributed by atoms with Gasteiger partial charge >= 0.3 is 0 Å². The van der Waals surface area contributed by atoms with Gasteiger partial charge in [0.1, 0.15) is 0 Å². The smallest absolute Gasteiger partial charge is 0.162 e. The molecule has 2 aromatic heterocycles. The third-order valence-electron chi connectivity index (χ3n) is 2.25. The first-order chi connectivity index (χ1) is 7.79. The fourth-order valence-corrected chi connectivity index (χ4v) is 1.40. The van der Waals surface area contributed by atoms with Crippen LogP contribution in [0.15, 0.2) is 24.8 Å². The second kappa shape index (κ2) is 4.85. The SMILES string of the molecule is CCNCc1cnc(-c2cnn(C)c2)nc1. The van der Waals surface area contributed by atoms with E-state index in [0.29, 0.717) is 5.82 Å². The van der Waals surface area contributed by atoms with E-state index in [9.17, 15) is 0 Å². The maximum atomic E-state index is 4.31. The van der Waals surface area contributed by atoms with Gasteiger partial charge in [-0.05, 0) is 6.54 Å². The predicted octanol–water partition coefficient (Wildman–Crippen LogP) is 0.987. The summed E-state index contributed by atoms with van der Waals surface area (Å²) in [6.07, 6.45) is 7.36. The highest BCUT2D eigenvalue weighted by molar-refractivity contribution is 5.51. The van der Waals surface area contributed by atoms with E-state index in [1.807, 2.05) is 25.6 Å². The van der Waals surface area contributed by atoms with Gasteiger partial charge < -0.3 is 5.32 Å². The molecule has 5 nitrogen and oxygen atoms in total. The Kier molecular flexibility index (Phi) is 3.26. The van der Waals surface area contributed by atoms with Gasteiger partial charge in [0.2, 0.25) is 0 Å². The second-order valence-corrected chi connectivity index (χ2v) is 3.60. The summed E-state index contributed by atoms with van der Waals surface area (Å²) in [7, 11) is 1.88. The molecule has 0 spiro atoms. The number of aromatic nitrogens is 4. The highest BCUT2D eigenvalue weighted by atomic mass is 15.2. The summed E-state index contributed by atoms with van der Waals surface area (Å²) in [5.74, 6) is 0.716. The van der Waals surface area contributed by atoms with Crippen molar-refractivity contribution in [2.45, 2.75) is 13.5 Å². The fraction of sp³-hybridized carbons (Fsp3) is 0.364. The van der Waals surface area contributed by atoms with Crippen molar-refractivity contribution in [1.82, 2.24) is 25.1 Å². The van der Waals surface area contributed by atoms with Gasteiger partial charge in [-0.1, -0.05) is 6.92 Å². The van der Waals surface area contributed by atoms with Crippen LogP contribution in [0.3, 0.4) is 0 Å². The minimum atomic E-state index is 0.716. The molecule has 2 aromatic rings. The van der Waals surface area contributed by atoms with Crippen LogP contribution in [0.2, 0.25) is 0 Å². The van der Waals surface area contributed by atoms with Crippen LogP contribution in [-0.2, 0) is 13.6 Å². The zero-order valence-corrected chi connectivity index (χ0v) is 9.51. The quantitative estimate of drug-likeness (QED) is 0.829. The molecular weight excluding hydrogens is 202 g/mol. The third-order valence-corrected chi connectivity index (χ3v) is 2.25. The number of rotatable bonds is 4. The van der Waals surface area contributed by atoms with Gasteiger partial charge in [-0.15, -0.1) is 0 Å². The Balaban J connectivity index is 2.13. The van der Waals surface area contributed by atoms with Crippen molar-refractivity contribution in [3.63, 3.8) is 0 Å². The van der Waals surface area contributed by atoms with Crippen LogP contribution in [0.25, 0.3) is 11.4 Å². The maximum Gasteiger partial charge on any atom is 0.162 e. The highest BCUT2D eigenvalue weighted by Gasteiger charge is 2.03. The van der Waals surface area contributed by atoms with Crippen molar-refractivity contribution in [1.29, 1.82) is 0 Å². The third kappa shape index (κ3) is 2.43. The average molecular weight is 217 g/mol. The molecule has 0 saturated heterocycles. The largest absolute Gasteiger partial charge is 0.313 e. The van der Waals surface area contributed by atoms with Gasteiger partial charge in [-0.3, -0.25) is 4.68 Å². The van der Waals surface area contributed by atoms with E-state index in [4.69, 9.17) is 0 Å². The molecule has 0 radical (unpaired) electrons. The summed E-state index contributed by atoms with van der Waals surface area (Å²) in [5, 5.41) is 7.32. The first-order valence-corrected chi connectivity index (χ1v) is 5.30. The molecule has 5 heteroatoms. The Hall–Kier alpha value is -1.75. The molecule has 0 aliphatic heterocycles. The first-order valence-electron chi connectivity index (χ1n) is 5.30. The Morgan fingerprint density at radius 2 is 2.00 bits per heavy atom. The first kappa shape index (κ1) is 10.8. The van der Waals surface area contributed by atoms with Crippen molar-refractivity contribution in [3.8, 4) is 11.4 Å². The normalized spacial score (nSPS) is 10.6. The Morgan fingerprint density at radius 3 is 2.56 bits per heavy atom. The van der Waals surface area contributed by atoms with Crippen LogP contribution < -0.4 is 5.32 Å². The minimum Gasteiger partial charge on any atom is -0.313 e. The van der Waals surface area contributed by atoms with Crippen molar-refractivity contribution < 1.29 is 0 Å². The van der Waals surface area contributed by atoms with Gasteiger partial charge in [0.25, 0.3) is 0 Å². The molecule has 0 saturated carbocycles. The Morgan fingerprint density at radius 1 is 1.25 bits per heavy atom. The summed E-state index contributed by atoms with van der Waals surface area (Å²) in [4.78, 5) is 8.62. The van der Waals surface area contributed by atoms with Gasteiger partial charge in [0, 0.05) is 37.7 Å². The lowest BCUT2D eigenvalue weighted by Crippen LogP contribution is -2.12. The van der Waals surface area contributed by atoms with Crippen LogP contribution in [0, 0.1) is 0 Å². The van der Waals surface area contributed by atoms with Crippen molar-refractivity contribution in [2.75, 3.05) is 6.54 Å².